The highest BCUT2D eigenvalue weighted by molar-refractivity contribution is 5.91. The molecule has 0 spiro atoms. The molecule has 2 amide bonds. The zero-order chi connectivity index (χ0) is 18.5. The van der Waals surface area contributed by atoms with Crippen molar-refractivity contribution in [1.82, 2.24) is 14.8 Å². The molecule has 2 aromatic rings. The van der Waals surface area contributed by atoms with Crippen molar-refractivity contribution in [3.63, 3.8) is 0 Å². The van der Waals surface area contributed by atoms with E-state index in [9.17, 15) is 9.59 Å². The lowest BCUT2D eigenvalue weighted by molar-refractivity contribution is -0.138. The molecule has 26 heavy (non-hydrogen) atoms. The van der Waals surface area contributed by atoms with Crippen molar-refractivity contribution in [2.75, 3.05) is 13.6 Å². The fourth-order valence-corrected chi connectivity index (χ4v) is 3.82. The van der Waals surface area contributed by atoms with Gasteiger partial charge in [-0.15, -0.1) is 0 Å². The molecule has 1 saturated heterocycles. The van der Waals surface area contributed by atoms with E-state index in [1.165, 1.54) is 0 Å². The maximum atomic E-state index is 13.1. The van der Waals surface area contributed by atoms with Gasteiger partial charge in [0.15, 0.2) is 0 Å². The summed E-state index contributed by atoms with van der Waals surface area (Å²) in [5.41, 5.74) is 1.29. The number of oxazole rings is 1. The van der Waals surface area contributed by atoms with Gasteiger partial charge in [-0.1, -0.05) is 18.2 Å². The summed E-state index contributed by atoms with van der Waals surface area (Å²) in [6.07, 6.45) is 0.928. The lowest BCUT2D eigenvalue weighted by atomic mass is 9.87. The maximum absolute atomic E-state index is 13.1. The minimum atomic E-state index is -0.465. The highest BCUT2D eigenvalue weighted by Gasteiger charge is 2.49. The zero-order valence-electron chi connectivity index (χ0n) is 15.4. The second kappa shape index (κ2) is 5.97. The van der Waals surface area contributed by atoms with Crippen molar-refractivity contribution in [2.45, 2.75) is 38.8 Å². The van der Waals surface area contributed by atoms with Crippen LogP contribution in [0, 0.1) is 5.92 Å². The number of hydrogen-bond donors (Lipinski definition) is 0. The van der Waals surface area contributed by atoms with E-state index in [-0.39, 0.29) is 24.2 Å². The van der Waals surface area contributed by atoms with Crippen molar-refractivity contribution in [1.29, 1.82) is 0 Å². The van der Waals surface area contributed by atoms with Crippen LogP contribution >= 0.6 is 0 Å². The van der Waals surface area contributed by atoms with Crippen molar-refractivity contribution >= 4 is 11.8 Å². The molecule has 1 atom stereocenters. The molecular weight excluding hydrogens is 330 g/mol. The van der Waals surface area contributed by atoms with Gasteiger partial charge in [0.25, 0.3) is 0 Å². The molecule has 0 N–H and O–H groups in total. The van der Waals surface area contributed by atoms with E-state index in [0.29, 0.717) is 25.4 Å². The summed E-state index contributed by atoms with van der Waals surface area (Å²) in [5.74, 6) is 1.19. The predicted molar refractivity (Wildman–Crippen MR) is 96.0 cm³/mol. The first-order chi connectivity index (χ1) is 12.4. The van der Waals surface area contributed by atoms with Crippen molar-refractivity contribution in [2.24, 2.45) is 5.92 Å². The van der Waals surface area contributed by atoms with E-state index < -0.39 is 5.54 Å². The maximum Gasteiger partial charge on any atom is 0.228 e. The van der Waals surface area contributed by atoms with Crippen LogP contribution in [0.15, 0.2) is 34.7 Å². The summed E-state index contributed by atoms with van der Waals surface area (Å²) < 4.78 is 5.91. The molecule has 2 aliphatic heterocycles. The van der Waals surface area contributed by atoms with Gasteiger partial charge < -0.3 is 14.2 Å². The summed E-state index contributed by atoms with van der Waals surface area (Å²) in [7, 11) is 1.77. The molecule has 0 radical (unpaired) electrons. The molecule has 1 aromatic heterocycles. The van der Waals surface area contributed by atoms with E-state index in [0.717, 1.165) is 17.0 Å². The van der Waals surface area contributed by atoms with Gasteiger partial charge in [0, 0.05) is 37.5 Å². The summed E-state index contributed by atoms with van der Waals surface area (Å²) in [6, 6.07) is 9.77. The van der Waals surface area contributed by atoms with Crippen LogP contribution in [0.3, 0.4) is 0 Å². The Bertz CT molecular complexity index is 856. The Hall–Kier alpha value is -2.63. The average Bonchev–Trinajstić information content (AvgIpc) is 3.16. The Kier molecular flexibility index (Phi) is 3.86. The smallest absolute Gasteiger partial charge is 0.228 e. The molecule has 2 aliphatic rings. The molecule has 1 unspecified atom stereocenters. The van der Waals surface area contributed by atoms with Crippen LogP contribution in [0.5, 0.6) is 0 Å². The molecular formula is C20H23N3O3. The molecule has 1 fully saturated rings. The van der Waals surface area contributed by atoms with Crippen LogP contribution in [0.25, 0.3) is 11.5 Å². The molecule has 0 saturated carbocycles. The Morgan fingerprint density at radius 3 is 2.65 bits per heavy atom. The van der Waals surface area contributed by atoms with Gasteiger partial charge in [0.1, 0.15) is 11.5 Å². The molecule has 136 valence electrons. The van der Waals surface area contributed by atoms with Gasteiger partial charge in [-0.2, -0.15) is 0 Å². The van der Waals surface area contributed by atoms with Crippen LogP contribution in [0.2, 0.25) is 0 Å². The van der Waals surface area contributed by atoms with E-state index in [1.807, 2.05) is 49.1 Å². The predicted octanol–water partition coefficient (Wildman–Crippen LogP) is 2.48. The SMILES string of the molecule is CN1C(=O)CC(C(=O)N2CCc3oc(-c4ccccc4)nc3C2)C1(C)C. The largest absolute Gasteiger partial charge is 0.441 e. The number of rotatable bonds is 2. The van der Waals surface area contributed by atoms with E-state index >= 15 is 0 Å². The molecule has 0 bridgehead atoms. The first kappa shape index (κ1) is 16.8. The normalized spacial score (nSPS) is 21.8. The van der Waals surface area contributed by atoms with Crippen LogP contribution in [0.4, 0.5) is 0 Å². The first-order valence-corrected chi connectivity index (χ1v) is 8.97. The summed E-state index contributed by atoms with van der Waals surface area (Å²) in [6.45, 7) is 4.95. The third-order valence-electron chi connectivity index (χ3n) is 5.83. The summed E-state index contributed by atoms with van der Waals surface area (Å²) >= 11 is 0. The second-order valence-electron chi connectivity index (χ2n) is 7.63. The van der Waals surface area contributed by atoms with Crippen molar-refractivity contribution in [3.8, 4) is 11.5 Å². The van der Waals surface area contributed by atoms with E-state index in [4.69, 9.17) is 4.42 Å². The van der Waals surface area contributed by atoms with E-state index in [1.54, 1.807) is 11.9 Å². The molecule has 0 aliphatic carbocycles. The standard InChI is InChI=1S/C20H23N3O3/c1-20(2)14(11-17(24)22(20)3)19(25)23-10-9-16-15(12-23)21-18(26-16)13-7-5-4-6-8-13/h4-8,14H,9-12H2,1-3H3. The number of hydrogen-bond acceptors (Lipinski definition) is 4. The van der Waals surface area contributed by atoms with Crippen molar-refractivity contribution < 1.29 is 14.0 Å². The summed E-state index contributed by atoms with van der Waals surface area (Å²) in [4.78, 5) is 33.3. The number of likely N-dealkylation sites (tertiary alicyclic amines) is 1. The number of aromatic nitrogens is 1. The lowest BCUT2D eigenvalue weighted by Gasteiger charge is -2.36. The molecule has 4 rings (SSSR count). The second-order valence-corrected chi connectivity index (χ2v) is 7.63. The van der Waals surface area contributed by atoms with Crippen LogP contribution < -0.4 is 0 Å². The monoisotopic (exact) mass is 353 g/mol. The van der Waals surface area contributed by atoms with Gasteiger partial charge in [0.2, 0.25) is 17.7 Å². The highest BCUT2D eigenvalue weighted by Crippen LogP contribution is 2.36. The van der Waals surface area contributed by atoms with Crippen molar-refractivity contribution in [3.05, 3.63) is 41.8 Å². The number of carbonyl (C=O) groups is 2. The van der Waals surface area contributed by atoms with Gasteiger partial charge in [-0.25, -0.2) is 4.98 Å². The van der Waals surface area contributed by atoms with Crippen LogP contribution in [0.1, 0.15) is 31.7 Å². The average molecular weight is 353 g/mol. The molecule has 6 heteroatoms. The highest BCUT2D eigenvalue weighted by atomic mass is 16.4. The topological polar surface area (TPSA) is 66.7 Å². The Morgan fingerprint density at radius 2 is 2.00 bits per heavy atom. The number of fused-ring (bicyclic) bond motifs is 1. The van der Waals surface area contributed by atoms with E-state index in [2.05, 4.69) is 4.98 Å². The fourth-order valence-electron chi connectivity index (χ4n) is 3.82. The number of amides is 2. The third-order valence-corrected chi connectivity index (χ3v) is 5.83. The number of nitrogens with zero attached hydrogens (tertiary/aromatic N) is 3. The quantitative estimate of drug-likeness (QED) is 0.832. The van der Waals surface area contributed by atoms with Gasteiger partial charge >= 0.3 is 0 Å². The minimum Gasteiger partial charge on any atom is -0.441 e. The first-order valence-electron chi connectivity index (χ1n) is 8.97. The molecule has 1 aromatic carbocycles. The lowest BCUT2D eigenvalue weighted by Crippen LogP contribution is -2.49. The van der Waals surface area contributed by atoms with Gasteiger partial charge in [0.05, 0.1) is 12.5 Å². The molecule has 6 nitrogen and oxygen atoms in total. The summed E-state index contributed by atoms with van der Waals surface area (Å²) in [5, 5.41) is 0. The number of benzene rings is 1. The Balaban J connectivity index is 1.55. The van der Waals surface area contributed by atoms with Gasteiger partial charge in [-0.05, 0) is 26.0 Å². The van der Waals surface area contributed by atoms with Crippen LogP contribution in [-0.2, 0) is 22.6 Å². The molecule has 3 heterocycles. The third kappa shape index (κ3) is 2.60. The number of carbonyl (C=O) groups excluding carboxylic acids is 2. The minimum absolute atomic E-state index is 0.0267. The van der Waals surface area contributed by atoms with Gasteiger partial charge in [-0.3, -0.25) is 9.59 Å². The Morgan fingerprint density at radius 1 is 1.27 bits per heavy atom. The Labute approximate surface area is 152 Å². The zero-order valence-corrected chi connectivity index (χ0v) is 15.4. The fraction of sp³-hybridized carbons (Fsp3) is 0.450. The van der Waals surface area contributed by atoms with Crippen LogP contribution in [-0.4, -0.2) is 45.7 Å².